The van der Waals surface area contributed by atoms with E-state index in [4.69, 9.17) is 4.98 Å². The number of thiazole rings is 1. The number of nitrogens with one attached hydrogen (secondary N) is 3. The molecule has 1 aliphatic heterocycles. The number of fused-ring (bicyclic) bond motifs is 2. The van der Waals surface area contributed by atoms with Crippen molar-refractivity contribution >= 4 is 53.6 Å². The molecule has 3 heterocycles. The summed E-state index contributed by atoms with van der Waals surface area (Å²) in [6, 6.07) is 13.4. The van der Waals surface area contributed by atoms with Gasteiger partial charge in [-0.25, -0.2) is 13.4 Å². The van der Waals surface area contributed by atoms with E-state index in [9.17, 15) is 13.2 Å². The van der Waals surface area contributed by atoms with E-state index in [0.717, 1.165) is 56.4 Å². The Labute approximate surface area is 225 Å². The second-order valence-corrected chi connectivity index (χ2v) is 13.7. The maximum absolute atomic E-state index is 12.7. The van der Waals surface area contributed by atoms with Gasteiger partial charge in [0.2, 0.25) is 5.91 Å². The molecule has 7 nitrogen and oxygen atoms in total. The standard InChI is InChI=1S/C27H30N4O3S3/c1-16(2)29-13-11-24(32)31-27-25(20-10-12-28-15-23(20)36-27)26-30-21-14-18(6-9-22(21)35-26)17-4-7-19(8-5-17)37(3,33)34/h4-9,14,16,28-29H,10-13,15H2,1-3H3,(H,31,32). The second-order valence-electron chi connectivity index (χ2n) is 9.54. The second kappa shape index (κ2) is 10.6. The Morgan fingerprint density at radius 2 is 1.86 bits per heavy atom. The lowest BCUT2D eigenvalue weighted by Gasteiger charge is -2.13. The van der Waals surface area contributed by atoms with Crippen molar-refractivity contribution in [3.05, 3.63) is 52.9 Å². The summed E-state index contributed by atoms with van der Waals surface area (Å²) in [6.07, 6.45) is 2.53. The Hall–Kier alpha value is -2.63. The zero-order chi connectivity index (χ0) is 26.2. The lowest BCUT2D eigenvalue weighted by atomic mass is 10.0. The Morgan fingerprint density at radius 1 is 1.11 bits per heavy atom. The molecule has 3 N–H and O–H groups in total. The lowest BCUT2D eigenvalue weighted by molar-refractivity contribution is -0.116. The van der Waals surface area contributed by atoms with Crippen LogP contribution in [0.1, 0.15) is 30.7 Å². The van der Waals surface area contributed by atoms with Crippen LogP contribution in [0, 0.1) is 0 Å². The van der Waals surface area contributed by atoms with Crippen molar-refractivity contribution in [2.45, 2.75) is 44.2 Å². The first-order valence-corrected chi connectivity index (χ1v) is 15.8. The van der Waals surface area contributed by atoms with E-state index in [1.807, 2.05) is 24.3 Å². The fourth-order valence-electron chi connectivity index (χ4n) is 4.42. The Bertz CT molecular complexity index is 1550. The third kappa shape index (κ3) is 5.78. The molecule has 5 rings (SSSR count). The molecule has 37 heavy (non-hydrogen) atoms. The SMILES string of the molecule is CC(C)NCCC(=O)Nc1sc2c(c1-c1nc3cc(-c4ccc(S(C)(=O)=O)cc4)ccc3s1)CCNC2. The highest BCUT2D eigenvalue weighted by Gasteiger charge is 2.25. The molecule has 10 heteroatoms. The number of sulfone groups is 1. The summed E-state index contributed by atoms with van der Waals surface area (Å²) in [5, 5.41) is 11.7. The van der Waals surface area contributed by atoms with Crippen molar-refractivity contribution in [3.63, 3.8) is 0 Å². The fourth-order valence-corrected chi connectivity index (χ4v) is 7.38. The number of nitrogens with zero attached hydrogens (tertiary/aromatic N) is 1. The fraction of sp³-hybridized carbons (Fsp3) is 0.333. The number of carbonyl (C=O) groups excluding carboxylic acids is 1. The van der Waals surface area contributed by atoms with Gasteiger partial charge in [0.25, 0.3) is 0 Å². The first kappa shape index (κ1) is 26.0. The molecule has 2 aromatic carbocycles. The topological polar surface area (TPSA) is 100 Å². The lowest BCUT2D eigenvalue weighted by Crippen LogP contribution is -2.27. The molecular weight excluding hydrogens is 525 g/mol. The van der Waals surface area contributed by atoms with Crippen LogP contribution in [0.2, 0.25) is 0 Å². The summed E-state index contributed by atoms with van der Waals surface area (Å²) in [4.78, 5) is 19.3. The first-order chi connectivity index (χ1) is 17.7. The van der Waals surface area contributed by atoms with E-state index in [0.29, 0.717) is 23.9 Å². The van der Waals surface area contributed by atoms with Gasteiger partial charge in [0, 0.05) is 42.2 Å². The van der Waals surface area contributed by atoms with E-state index in [-0.39, 0.29) is 5.91 Å². The van der Waals surface area contributed by atoms with Crippen molar-refractivity contribution in [2.24, 2.45) is 0 Å². The summed E-state index contributed by atoms with van der Waals surface area (Å²) < 4.78 is 24.7. The van der Waals surface area contributed by atoms with Gasteiger partial charge in [-0.05, 0) is 53.9 Å². The van der Waals surface area contributed by atoms with Crippen LogP contribution in [0.25, 0.3) is 31.9 Å². The van der Waals surface area contributed by atoms with Crippen LogP contribution in [-0.4, -0.2) is 44.7 Å². The molecule has 0 spiro atoms. The number of hydrogen-bond acceptors (Lipinski definition) is 8. The number of hydrogen-bond donors (Lipinski definition) is 3. The normalized spacial score (nSPS) is 13.7. The molecular formula is C27H30N4O3S3. The van der Waals surface area contributed by atoms with Gasteiger partial charge in [-0.3, -0.25) is 4.79 Å². The number of anilines is 1. The monoisotopic (exact) mass is 554 g/mol. The van der Waals surface area contributed by atoms with Crippen LogP contribution in [-0.2, 0) is 27.6 Å². The number of carbonyl (C=O) groups is 1. The molecule has 0 unspecified atom stereocenters. The van der Waals surface area contributed by atoms with Gasteiger partial charge in [0.05, 0.1) is 15.1 Å². The van der Waals surface area contributed by atoms with Crippen LogP contribution in [0.3, 0.4) is 0 Å². The average molecular weight is 555 g/mol. The van der Waals surface area contributed by atoms with Gasteiger partial charge < -0.3 is 16.0 Å². The van der Waals surface area contributed by atoms with Crippen LogP contribution < -0.4 is 16.0 Å². The van der Waals surface area contributed by atoms with Crippen molar-refractivity contribution in [2.75, 3.05) is 24.7 Å². The van der Waals surface area contributed by atoms with Gasteiger partial charge in [-0.15, -0.1) is 22.7 Å². The third-order valence-electron chi connectivity index (χ3n) is 6.30. The van der Waals surface area contributed by atoms with Gasteiger partial charge in [-0.1, -0.05) is 32.0 Å². The molecule has 1 aliphatic rings. The Kier molecular flexibility index (Phi) is 7.46. The summed E-state index contributed by atoms with van der Waals surface area (Å²) in [5.74, 6) is 0.00175. The van der Waals surface area contributed by atoms with E-state index in [1.54, 1.807) is 34.8 Å². The number of amides is 1. The molecule has 0 fully saturated rings. The van der Waals surface area contributed by atoms with Crippen molar-refractivity contribution in [3.8, 4) is 21.7 Å². The minimum absolute atomic E-state index is 0.00175. The third-order valence-corrected chi connectivity index (χ3v) is 9.63. The van der Waals surface area contributed by atoms with E-state index < -0.39 is 9.84 Å². The van der Waals surface area contributed by atoms with E-state index in [1.165, 1.54) is 16.7 Å². The molecule has 4 aromatic rings. The highest BCUT2D eigenvalue weighted by atomic mass is 32.2. The Balaban J connectivity index is 1.47. The number of benzene rings is 2. The van der Waals surface area contributed by atoms with Gasteiger partial charge in [0.15, 0.2) is 9.84 Å². The smallest absolute Gasteiger partial charge is 0.226 e. The van der Waals surface area contributed by atoms with Gasteiger partial charge >= 0.3 is 0 Å². The molecule has 0 aliphatic carbocycles. The molecule has 194 valence electrons. The van der Waals surface area contributed by atoms with Crippen LogP contribution in [0.4, 0.5) is 5.00 Å². The van der Waals surface area contributed by atoms with Crippen molar-refractivity contribution < 1.29 is 13.2 Å². The molecule has 0 bridgehead atoms. The number of thiophene rings is 1. The summed E-state index contributed by atoms with van der Waals surface area (Å²) in [5.41, 5.74) is 5.12. The first-order valence-electron chi connectivity index (χ1n) is 12.3. The summed E-state index contributed by atoms with van der Waals surface area (Å²) >= 11 is 3.27. The average Bonchev–Trinajstić information content (AvgIpc) is 3.43. The summed E-state index contributed by atoms with van der Waals surface area (Å²) in [7, 11) is -3.24. The highest BCUT2D eigenvalue weighted by molar-refractivity contribution is 7.90. The van der Waals surface area contributed by atoms with Crippen LogP contribution >= 0.6 is 22.7 Å². The number of aromatic nitrogens is 1. The molecule has 0 radical (unpaired) electrons. The highest BCUT2D eigenvalue weighted by Crippen LogP contribution is 2.45. The quantitative estimate of drug-likeness (QED) is 0.281. The van der Waals surface area contributed by atoms with Crippen molar-refractivity contribution in [1.82, 2.24) is 15.6 Å². The molecule has 0 saturated heterocycles. The van der Waals surface area contributed by atoms with Crippen molar-refractivity contribution in [1.29, 1.82) is 0 Å². The molecule has 2 aromatic heterocycles. The van der Waals surface area contributed by atoms with Gasteiger partial charge in [0.1, 0.15) is 10.0 Å². The largest absolute Gasteiger partial charge is 0.317 e. The van der Waals surface area contributed by atoms with Crippen LogP contribution in [0.15, 0.2) is 47.4 Å². The molecule has 1 amide bonds. The van der Waals surface area contributed by atoms with Gasteiger partial charge in [-0.2, -0.15) is 0 Å². The van der Waals surface area contributed by atoms with Crippen LogP contribution in [0.5, 0.6) is 0 Å². The molecule has 0 saturated carbocycles. The Morgan fingerprint density at radius 3 is 2.59 bits per heavy atom. The van der Waals surface area contributed by atoms with E-state index in [2.05, 4.69) is 35.9 Å². The summed E-state index contributed by atoms with van der Waals surface area (Å²) in [6.45, 7) is 6.48. The predicted octanol–water partition coefficient (Wildman–Crippen LogP) is 5.07. The minimum atomic E-state index is -3.24. The molecule has 0 atom stereocenters. The van der Waals surface area contributed by atoms with E-state index >= 15 is 0 Å². The maximum atomic E-state index is 12.7. The number of rotatable bonds is 8. The minimum Gasteiger partial charge on any atom is -0.317 e. The zero-order valence-electron chi connectivity index (χ0n) is 21.1. The maximum Gasteiger partial charge on any atom is 0.226 e. The zero-order valence-corrected chi connectivity index (χ0v) is 23.5. The predicted molar refractivity (Wildman–Crippen MR) is 153 cm³/mol.